The number of ether oxygens (including phenoxy) is 1. The maximum Gasteiger partial charge on any atom is 0.269 e. The van der Waals surface area contributed by atoms with Crippen LogP contribution in [0.2, 0.25) is 0 Å². The van der Waals surface area contributed by atoms with Gasteiger partial charge in [-0.25, -0.2) is 4.98 Å². The van der Waals surface area contributed by atoms with Gasteiger partial charge in [0.1, 0.15) is 16.9 Å². The van der Waals surface area contributed by atoms with E-state index in [9.17, 15) is 10.1 Å². The van der Waals surface area contributed by atoms with E-state index in [2.05, 4.69) is 15.3 Å². The summed E-state index contributed by atoms with van der Waals surface area (Å²) in [7, 11) is 0. The number of non-ortho nitro benzene ring substituents is 1. The van der Waals surface area contributed by atoms with E-state index in [0.717, 1.165) is 43.2 Å². The first kappa shape index (κ1) is 15.9. The molecule has 23 heavy (non-hydrogen) atoms. The molecule has 0 radical (unpaired) electrons. The maximum atomic E-state index is 10.6. The molecule has 2 heterocycles. The molecule has 0 saturated carbocycles. The number of piperidine rings is 1. The highest BCUT2D eigenvalue weighted by molar-refractivity contribution is 7.09. The fraction of sp³-hybridized carbons (Fsp3) is 0.438. The van der Waals surface area contributed by atoms with Crippen LogP contribution in [0.3, 0.4) is 0 Å². The number of rotatable bonds is 5. The summed E-state index contributed by atoms with van der Waals surface area (Å²) in [6.45, 7) is 4.89. The van der Waals surface area contributed by atoms with Crippen molar-refractivity contribution in [3.8, 4) is 5.75 Å². The molecule has 1 fully saturated rings. The van der Waals surface area contributed by atoms with E-state index < -0.39 is 4.92 Å². The van der Waals surface area contributed by atoms with Gasteiger partial charge in [0.15, 0.2) is 0 Å². The van der Waals surface area contributed by atoms with Gasteiger partial charge in [0, 0.05) is 36.3 Å². The highest BCUT2D eigenvalue weighted by Crippen LogP contribution is 2.23. The molecule has 0 bridgehead atoms. The van der Waals surface area contributed by atoms with Gasteiger partial charge in [0.05, 0.1) is 11.5 Å². The van der Waals surface area contributed by atoms with Gasteiger partial charge in [-0.2, -0.15) is 0 Å². The Bertz CT molecular complexity index is 663. The van der Waals surface area contributed by atoms with Crippen LogP contribution in [0.5, 0.6) is 5.75 Å². The Morgan fingerprint density at radius 1 is 1.35 bits per heavy atom. The van der Waals surface area contributed by atoms with Gasteiger partial charge >= 0.3 is 0 Å². The van der Waals surface area contributed by atoms with Crippen molar-refractivity contribution in [2.24, 2.45) is 0 Å². The van der Waals surface area contributed by atoms with Crippen molar-refractivity contribution >= 4 is 17.0 Å². The van der Waals surface area contributed by atoms with Crippen LogP contribution in [0.15, 0.2) is 29.6 Å². The number of nitro groups is 1. The van der Waals surface area contributed by atoms with Gasteiger partial charge in [-0.3, -0.25) is 15.0 Å². The Balaban J connectivity index is 1.48. The summed E-state index contributed by atoms with van der Waals surface area (Å²) in [5.74, 6) is 0.699. The molecule has 0 spiro atoms. The summed E-state index contributed by atoms with van der Waals surface area (Å²) in [5, 5.41) is 13.9. The molecule has 7 heteroatoms. The van der Waals surface area contributed by atoms with Crippen molar-refractivity contribution in [2.45, 2.75) is 32.4 Å². The van der Waals surface area contributed by atoms with Crippen molar-refractivity contribution in [2.75, 3.05) is 13.1 Å². The van der Waals surface area contributed by atoms with Gasteiger partial charge in [0.2, 0.25) is 0 Å². The summed E-state index contributed by atoms with van der Waals surface area (Å²) < 4.78 is 5.93. The van der Waals surface area contributed by atoms with Crippen LogP contribution in [0, 0.1) is 17.0 Å². The quantitative estimate of drug-likeness (QED) is 0.619. The number of aryl methyl sites for hydroxylation is 1. The molecule has 1 aromatic carbocycles. The first-order valence-corrected chi connectivity index (χ1v) is 8.52. The summed E-state index contributed by atoms with van der Waals surface area (Å²) in [6.07, 6.45) is 2.09. The zero-order chi connectivity index (χ0) is 16.2. The lowest BCUT2D eigenvalue weighted by Gasteiger charge is -2.31. The number of benzene rings is 1. The number of nitro benzene ring substituents is 1. The maximum absolute atomic E-state index is 10.6. The fourth-order valence-corrected chi connectivity index (χ4v) is 3.50. The van der Waals surface area contributed by atoms with E-state index in [1.807, 2.05) is 6.92 Å². The van der Waals surface area contributed by atoms with E-state index in [0.29, 0.717) is 5.75 Å². The van der Waals surface area contributed by atoms with Gasteiger partial charge in [-0.15, -0.1) is 11.3 Å². The first-order valence-electron chi connectivity index (χ1n) is 7.64. The average molecular weight is 333 g/mol. The third kappa shape index (κ3) is 4.27. The van der Waals surface area contributed by atoms with Crippen LogP contribution in [0.1, 0.15) is 23.5 Å². The molecule has 2 aromatic rings. The minimum atomic E-state index is -0.400. The van der Waals surface area contributed by atoms with Gasteiger partial charge < -0.3 is 4.74 Å². The van der Waals surface area contributed by atoms with Crippen molar-refractivity contribution in [1.29, 1.82) is 0 Å². The molecule has 0 aliphatic carbocycles. The van der Waals surface area contributed by atoms with E-state index in [1.165, 1.54) is 12.1 Å². The van der Waals surface area contributed by atoms with Gasteiger partial charge in [0.25, 0.3) is 5.69 Å². The Morgan fingerprint density at radius 2 is 2.04 bits per heavy atom. The number of aromatic nitrogens is 1. The zero-order valence-corrected chi connectivity index (χ0v) is 13.8. The Kier molecular flexibility index (Phi) is 4.88. The summed E-state index contributed by atoms with van der Waals surface area (Å²) in [6, 6.07) is 6.30. The molecule has 1 aliphatic heterocycles. The van der Waals surface area contributed by atoms with Crippen LogP contribution in [0.25, 0.3) is 0 Å². The van der Waals surface area contributed by atoms with E-state index >= 15 is 0 Å². The van der Waals surface area contributed by atoms with Crippen LogP contribution >= 0.6 is 11.3 Å². The van der Waals surface area contributed by atoms with Crippen LogP contribution in [-0.2, 0) is 6.54 Å². The summed E-state index contributed by atoms with van der Waals surface area (Å²) >= 11 is 1.71. The smallest absolute Gasteiger partial charge is 0.269 e. The minimum Gasteiger partial charge on any atom is -0.490 e. The second kappa shape index (κ2) is 7.06. The summed E-state index contributed by atoms with van der Waals surface area (Å²) in [5.41, 5.74) is 1.17. The average Bonchev–Trinajstić information content (AvgIpc) is 2.95. The van der Waals surface area contributed by atoms with Crippen LogP contribution in [0.4, 0.5) is 5.69 Å². The molecule has 0 unspecified atom stereocenters. The van der Waals surface area contributed by atoms with E-state index in [1.54, 1.807) is 23.5 Å². The molecule has 1 saturated heterocycles. The largest absolute Gasteiger partial charge is 0.490 e. The molecular formula is C16H19N3O3S. The lowest BCUT2D eigenvalue weighted by atomic mass is 10.1. The molecule has 0 N–H and O–H groups in total. The molecule has 6 nitrogen and oxygen atoms in total. The number of likely N-dealkylation sites (tertiary alicyclic amines) is 1. The molecular weight excluding hydrogens is 314 g/mol. The standard InChI is InChI=1S/C16H19N3O3S/c1-12-11-23-16(17-12)10-18-8-6-15(7-9-18)22-14-4-2-13(3-5-14)19(20)21/h2-5,11,15H,6-10H2,1H3. The predicted octanol–water partition coefficient (Wildman–Crippen LogP) is 3.40. The van der Waals surface area contributed by atoms with Crippen LogP contribution in [-0.4, -0.2) is 34.0 Å². The topological polar surface area (TPSA) is 68.5 Å². The number of thiazole rings is 1. The zero-order valence-electron chi connectivity index (χ0n) is 13.0. The van der Waals surface area contributed by atoms with Crippen molar-refractivity contribution in [3.63, 3.8) is 0 Å². The van der Waals surface area contributed by atoms with Crippen molar-refractivity contribution in [1.82, 2.24) is 9.88 Å². The number of nitrogens with zero attached hydrogens (tertiary/aromatic N) is 3. The molecule has 122 valence electrons. The fourth-order valence-electron chi connectivity index (χ4n) is 2.69. The van der Waals surface area contributed by atoms with Crippen molar-refractivity contribution < 1.29 is 9.66 Å². The minimum absolute atomic E-state index is 0.0888. The highest BCUT2D eigenvalue weighted by Gasteiger charge is 2.21. The summed E-state index contributed by atoms with van der Waals surface area (Å²) in [4.78, 5) is 17.1. The second-order valence-corrected chi connectivity index (χ2v) is 6.67. The van der Waals surface area contributed by atoms with Crippen molar-refractivity contribution in [3.05, 3.63) is 50.5 Å². The molecule has 3 rings (SSSR count). The van der Waals surface area contributed by atoms with E-state index in [-0.39, 0.29) is 11.8 Å². The van der Waals surface area contributed by atoms with Gasteiger partial charge in [-0.05, 0) is 31.9 Å². The van der Waals surface area contributed by atoms with Gasteiger partial charge in [-0.1, -0.05) is 0 Å². The van der Waals surface area contributed by atoms with E-state index in [4.69, 9.17) is 4.74 Å². The number of hydrogen-bond donors (Lipinski definition) is 0. The highest BCUT2D eigenvalue weighted by atomic mass is 32.1. The Morgan fingerprint density at radius 3 is 2.61 bits per heavy atom. The monoisotopic (exact) mass is 333 g/mol. The Labute approximate surface area is 138 Å². The lowest BCUT2D eigenvalue weighted by Crippen LogP contribution is -2.37. The first-order chi connectivity index (χ1) is 11.1. The predicted molar refractivity (Wildman–Crippen MR) is 88.9 cm³/mol. The second-order valence-electron chi connectivity index (χ2n) is 5.73. The third-order valence-corrected chi connectivity index (χ3v) is 4.86. The normalized spacial score (nSPS) is 16.4. The third-order valence-electron chi connectivity index (χ3n) is 3.91. The Hall–Kier alpha value is -1.99. The molecule has 0 atom stereocenters. The molecule has 1 aromatic heterocycles. The number of hydrogen-bond acceptors (Lipinski definition) is 6. The molecule has 0 amide bonds. The van der Waals surface area contributed by atoms with Crippen LogP contribution < -0.4 is 4.74 Å². The molecule has 1 aliphatic rings. The SMILES string of the molecule is Cc1csc(CN2CCC(Oc3ccc([N+](=O)[O-])cc3)CC2)n1. The lowest BCUT2D eigenvalue weighted by molar-refractivity contribution is -0.384.